The summed E-state index contributed by atoms with van der Waals surface area (Å²) in [6.45, 7) is 4.92. The smallest absolute Gasteiger partial charge is 0.351 e. The molecule has 2 aromatic carbocycles. The van der Waals surface area contributed by atoms with Crippen molar-refractivity contribution in [3.8, 4) is 0 Å². The average Bonchev–Trinajstić information content (AvgIpc) is 2.75. The van der Waals surface area contributed by atoms with Crippen LogP contribution in [0.2, 0.25) is 0 Å². The van der Waals surface area contributed by atoms with Gasteiger partial charge >= 0.3 is 12.2 Å². The molecule has 162 valence electrons. The number of anilines is 2. The average molecular weight is 429 g/mol. The van der Waals surface area contributed by atoms with Gasteiger partial charge in [-0.2, -0.15) is 13.2 Å². The zero-order valence-corrected chi connectivity index (χ0v) is 17.2. The first kappa shape index (κ1) is 20.9. The zero-order chi connectivity index (χ0) is 22.2. The number of benzene rings is 2. The molecule has 0 aliphatic carbocycles. The van der Waals surface area contributed by atoms with Crippen molar-refractivity contribution in [2.24, 2.45) is 0 Å². The van der Waals surface area contributed by atoms with E-state index in [0.29, 0.717) is 5.52 Å². The number of aryl methyl sites for hydroxylation is 1. The third-order valence-corrected chi connectivity index (χ3v) is 5.53. The predicted molar refractivity (Wildman–Crippen MR) is 113 cm³/mol. The van der Waals surface area contributed by atoms with E-state index in [9.17, 15) is 18.0 Å². The van der Waals surface area contributed by atoms with Crippen molar-refractivity contribution in [2.45, 2.75) is 20.0 Å². The summed E-state index contributed by atoms with van der Waals surface area (Å²) in [5, 5.41) is 2.90. The summed E-state index contributed by atoms with van der Waals surface area (Å²) in [5.74, 6) is -0.194. The van der Waals surface area contributed by atoms with Crippen LogP contribution in [0.1, 0.15) is 16.8 Å². The van der Waals surface area contributed by atoms with E-state index in [0.717, 1.165) is 16.8 Å². The van der Waals surface area contributed by atoms with Gasteiger partial charge < -0.3 is 15.1 Å². The Hall–Kier alpha value is -3.36. The van der Waals surface area contributed by atoms with E-state index in [1.807, 2.05) is 32.0 Å². The van der Waals surface area contributed by atoms with Gasteiger partial charge in [-0.05, 0) is 43.2 Å². The van der Waals surface area contributed by atoms with Gasteiger partial charge in [-0.3, -0.25) is 0 Å². The Bertz CT molecular complexity index is 1120. The van der Waals surface area contributed by atoms with E-state index in [-0.39, 0.29) is 43.5 Å². The molecular formula is C22H22F3N5O. The van der Waals surface area contributed by atoms with E-state index in [2.05, 4.69) is 15.3 Å². The number of para-hydroxylation sites is 2. The second kappa shape index (κ2) is 8.05. The number of carbonyl (C=O) groups excluding carboxylic acids is 1. The van der Waals surface area contributed by atoms with Crippen LogP contribution < -0.4 is 10.2 Å². The van der Waals surface area contributed by atoms with Gasteiger partial charge in [0, 0.05) is 31.9 Å². The molecule has 1 fully saturated rings. The summed E-state index contributed by atoms with van der Waals surface area (Å²) < 4.78 is 40.9. The number of hydrogen-bond donors (Lipinski definition) is 1. The summed E-state index contributed by atoms with van der Waals surface area (Å²) in [6.07, 6.45) is -4.62. The molecule has 1 saturated heterocycles. The van der Waals surface area contributed by atoms with Crippen LogP contribution in [0, 0.1) is 13.8 Å². The largest absolute Gasteiger partial charge is 0.437 e. The first-order valence-corrected chi connectivity index (χ1v) is 9.95. The van der Waals surface area contributed by atoms with Crippen LogP contribution in [-0.4, -0.2) is 47.1 Å². The molecule has 1 aromatic heterocycles. The van der Waals surface area contributed by atoms with Crippen LogP contribution in [0.15, 0.2) is 42.5 Å². The lowest BCUT2D eigenvalue weighted by Crippen LogP contribution is -2.50. The van der Waals surface area contributed by atoms with Gasteiger partial charge in [0.05, 0.1) is 11.0 Å². The minimum absolute atomic E-state index is 0.194. The Morgan fingerprint density at radius 2 is 1.58 bits per heavy atom. The monoisotopic (exact) mass is 429 g/mol. The highest BCUT2D eigenvalue weighted by molar-refractivity contribution is 5.90. The number of hydrogen-bond acceptors (Lipinski definition) is 4. The summed E-state index contributed by atoms with van der Waals surface area (Å²) >= 11 is 0. The van der Waals surface area contributed by atoms with Crippen molar-refractivity contribution in [3.05, 3.63) is 59.3 Å². The Balaban J connectivity index is 1.51. The lowest BCUT2D eigenvalue weighted by atomic mass is 10.1. The minimum Gasteiger partial charge on any atom is -0.351 e. The number of piperazine rings is 1. The van der Waals surface area contributed by atoms with Crippen LogP contribution in [-0.2, 0) is 6.18 Å². The minimum atomic E-state index is -4.62. The number of nitrogens with zero attached hydrogens (tertiary/aromatic N) is 4. The van der Waals surface area contributed by atoms with Crippen molar-refractivity contribution in [1.29, 1.82) is 0 Å². The Kier molecular flexibility index (Phi) is 5.43. The summed E-state index contributed by atoms with van der Waals surface area (Å²) in [5.41, 5.74) is 2.38. The Labute approximate surface area is 177 Å². The highest BCUT2D eigenvalue weighted by Gasteiger charge is 2.39. The van der Waals surface area contributed by atoms with Crippen LogP contribution in [0.4, 0.5) is 29.5 Å². The first-order valence-electron chi connectivity index (χ1n) is 9.95. The predicted octanol–water partition coefficient (Wildman–Crippen LogP) is 4.62. The Morgan fingerprint density at radius 1 is 0.935 bits per heavy atom. The van der Waals surface area contributed by atoms with Crippen molar-refractivity contribution in [3.63, 3.8) is 0 Å². The third-order valence-electron chi connectivity index (χ3n) is 5.53. The summed E-state index contributed by atoms with van der Waals surface area (Å²) in [7, 11) is 0. The van der Waals surface area contributed by atoms with Gasteiger partial charge in [-0.1, -0.05) is 24.3 Å². The molecule has 1 N–H and O–H groups in total. The topological polar surface area (TPSA) is 61.4 Å². The fourth-order valence-electron chi connectivity index (χ4n) is 3.60. The van der Waals surface area contributed by atoms with Crippen LogP contribution in [0.3, 0.4) is 0 Å². The molecule has 1 aliphatic heterocycles. The van der Waals surface area contributed by atoms with Gasteiger partial charge in [0.1, 0.15) is 0 Å². The maximum Gasteiger partial charge on any atom is 0.437 e. The maximum absolute atomic E-state index is 13.6. The third kappa shape index (κ3) is 4.26. The fourth-order valence-corrected chi connectivity index (χ4v) is 3.60. The van der Waals surface area contributed by atoms with Gasteiger partial charge in [0.15, 0.2) is 11.5 Å². The SMILES string of the molecule is Cc1cccc(NC(=O)N2CCN(c3nc4ccccc4nc3C(F)(F)F)CC2)c1C. The summed E-state index contributed by atoms with van der Waals surface area (Å²) in [6, 6.07) is 11.9. The quantitative estimate of drug-likeness (QED) is 0.646. The number of rotatable bonds is 2. The number of alkyl halides is 3. The lowest BCUT2D eigenvalue weighted by molar-refractivity contribution is -0.140. The van der Waals surface area contributed by atoms with E-state index in [4.69, 9.17) is 0 Å². The molecule has 4 rings (SSSR count). The standard InChI is InChI=1S/C22H22F3N5O/c1-14-6-5-9-16(15(14)2)28-21(31)30-12-10-29(11-13-30)20-19(22(23,24)25)26-17-7-3-4-8-18(17)27-20/h3-9H,10-13H2,1-2H3,(H,28,31). The molecule has 2 amide bonds. The van der Waals surface area contributed by atoms with Crippen LogP contribution >= 0.6 is 0 Å². The Morgan fingerprint density at radius 3 is 2.23 bits per heavy atom. The zero-order valence-electron chi connectivity index (χ0n) is 17.2. The van der Waals surface area contributed by atoms with Gasteiger partial charge in [-0.25, -0.2) is 14.8 Å². The van der Waals surface area contributed by atoms with Crippen molar-refractivity contribution < 1.29 is 18.0 Å². The van der Waals surface area contributed by atoms with Crippen molar-refractivity contribution in [1.82, 2.24) is 14.9 Å². The fraction of sp³-hybridized carbons (Fsp3) is 0.318. The van der Waals surface area contributed by atoms with E-state index in [1.165, 1.54) is 6.07 Å². The molecule has 0 unspecified atom stereocenters. The number of urea groups is 1. The molecule has 31 heavy (non-hydrogen) atoms. The molecule has 1 aliphatic rings. The number of carbonyl (C=O) groups is 1. The van der Waals surface area contributed by atoms with Crippen molar-refractivity contribution in [2.75, 3.05) is 36.4 Å². The first-order chi connectivity index (χ1) is 14.7. The second-order valence-corrected chi connectivity index (χ2v) is 7.53. The molecule has 0 atom stereocenters. The lowest BCUT2D eigenvalue weighted by Gasteiger charge is -2.36. The number of fused-ring (bicyclic) bond motifs is 1. The van der Waals surface area contributed by atoms with Gasteiger partial charge in [0.25, 0.3) is 0 Å². The van der Waals surface area contributed by atoms with E-state index in [1.54, 1.807) is 28.0 Å². The molecule has 3 aromatic rings. The van der Waals surface area contributed by atoms with Crippen LogP contribution in [0.5, 0.6) is 0 Å². The van der Waals surface area contributed by atoms with E-state index >= 15 is 0 Å². The van der Waals surface area contributed by atoms with E-state index < -0.39 is 11.9 Å². The molecular weight excluding hydrogens is 407 g/mol. The number of aromatic nitrogens is 2. The molecule has 0 spiro atoms. The molecule has 0 saturated carbocycles. The molecule has 9 heteroatoms. The summed E-state index contributed by atoms with van der Waals surface area (Å²) in [4.78, 5) is 23.9. The number of nitrogens with one attached hydrogen (secondary N) is 1. The highest BCUT2D eigenvalue weighted by Crippen LogP contribution is 2.35. The van der Waals surface area contributed by atoms with Crippen molar-refractivity contribution >= 4 is 28.6 Å². The van der Waals surface area contributed by atoms with Gasteiger partial charge in [-0.15, -0.1) is 0 Å². The highest BCUT2D eigenvalue weighted by atomic mass is 19.4. The molecule has 0 radical (unpaired) electrons. The molecule has 2 heterocycles. The van der Waals surface area contributed by atoms with Gasteiger partial charge in [0.2, 0.25) is 0 Å². The molecule has 6 nitrogen and oxygen atoms in total. The number of halogens is 3. The normalized spacial score (nSPS) is 14.7. The molecule has 0 bridgehead atoms. The number of amides is 2. The maximum atomic E-state index is 13.6. The second-order valence-electron chi connectivity index (χ2n) is 7.53. The van der Waals surface area contributed by atoms with Crippen LogP contribution in [0.25, 0.3) is 11.0 Å².